The van der Waals surface area contributed by atoms with Gasteiger partial charge in [0.1, 0.15) is 0 Å². The van der Waals surface area contributed by atoms with Crippen molar-refractivity contribution < 1.29 is 0 Å². The Morgan fingerprint density at radius 1 is 1.29 bits per heavy atom. The van der Waals surface area contributed by atoms with Gasteiger partial charge in [0.05, 0.1) is 0 Å². The molecule has 0 saturated carbocycles. The molecule has 0 amide bonds. The van der Waals surface area contributed by atoms with Gasteiger partial charge in [-0.15, -0.1) is 0 Å². The minimum Gasteiger partial charge on any atom is -0.370 e. The molecule has 1 rings (SSSR count). The molecule has 0 fully saturated rings. The standard InChI is InChI=1S/C11H19N3/c1-3-9-14(10-8-12-2)11-4-6-13-7-5-11/h4-7,12H,3,8-10H2,1-2H3. The second-order valence-corrected chi connectivity index (χ2v) is 3.30. The maximum Gasteiger partial charge on any atom is 0.0397 e. The summed E-state index contributed by atoms with van der Waals surface area (Å²) >= 11 is 0. The number of likely N-dealkylation sites (N-methyl/N-ethyl adjacent to an activating group) is 1. The Hall–Kier alpha value is -1.09. The summed E-state index contributed by atoms with van der Waals surface area (Å²) in [5, 5.41) is 3.17. The summed E-state index contributed by atoms with van der Waals surface area (Å²) in [6, 6.07) is 4.12. The predicted molar refractivity (Wildman–Crippen MR) is 60.7 cm³/mol. The first-order valence-electron chi connectivity index (χ1n) is 5.18. The van der Waals surface area contributed by atoms with Crippen LogP contribution >= 0.6 is 0 Å². The lowest BCUT2D eigenvalue weighted by Gasteiger charge is -2.23. The fraction of sp³-hybridized carbons (Fsp3) is 0.545. The van der Waals surface area contributed by atoms with Gasteiger partial charge < -0.3 is 10.2 Å². The molecule has 0 aliphatic carbocycles. The second-order valence-electron chi connectivity index (χ2n) is 3.30. The molecular formula is C11H19N3. The Kier molecular flexibility index (Phi) is 5.00. The van der Waals surface area contributed by atoms with Gasteiger partial charge in [-0.05, 0) is 25.6 Å². The van der Waals surface area contributed by atoms with Gasteiger partial charge in [0.15, 0.2) is 0 Å². The summed E-state index contributed by atoms with van der Waals surface area (Å²) in [6.07, 6.45) is 4.86. The average molecular weight is 193 g/mol. The quantitative estimate of drug-likeness (QED) is 0.742. The Morgan fingerprint density at radius 2 is 2.00 bits per heavy atom. The van der Waals surface area contributed by atoms with Crippen molar-refractivity contribution in [3.05, 3.63) is 24.5 Å². The van der Waals surface area contributed by atoms with E-state index in [9.17, 15) is 0 Å². The summed E-state index contributed by atoms with van der Waals surface area (Å²) in [5.41, 5.74) is 1.26. The highest BCUT2D eigenvalue weighted by Gasteiger charge is 2.03. The van der Waals surface area contributed by atoms with Gasteiger partial charge in [0.25, 0.3) is 0 Å². The normalized spacial score (nSPS) is 10.1. The summed E-state index contributed by atoms with van der Waals surface area (Å²) in [5.74, 6) is 0. The van der Waals surface area contributed by atoms with Crippen LogP contribution in [0.5, 0.6) is 0 Å². The van der Waals surface area contributed by atoms with E-state index < -0.39 is 0 Å². The van der Waals surface area contributed by atoms with E-state index in [-0.39, 0.29) is 0 Å². The van der Waals surface area contributed by atoms with E-state index in [4.69, 9.17) is 0 Å². The smallest absolute Gasteiger partial charge is 0.0397 e. The molecule has 1 heterocycles. The zero-order valence-corrected chi connectivity index (χ0v) is 9.03. The highest BCUT2D eigenvalue weighted by atomic mass is 15.1. The average Bonchev–Trinajstić information content (AvgIpc) is 2.25. The van der Waals surface area contributed by atoms with Crippen LogP contribution in [0.25, 0.3) is 0 Å². The summed E-state index contributed by atoms with van der Waals surface area (Å²) in [7, 11) is 1.98. The largest absolute Gasteiger partial charge is 0.370 e. The molecule has 0 aliphatic rings. The first kappa shape index (κ1) is 11.0. The van der Waals surface area contributed by atoms with Gasteiger partial charge in [-0.25, -0.2) is 0 Å². The van der Waals surface area contributed by atoms with Gasteiger partial charge in [-0.1, -0.05) is 6.92 Å². The van der Waals surface area contributed by atoms with Gasteiger partial charge in [-0.3, -0.25) is 4.98 Å². The number of hydrogen-bond acceptors (Lipinski definition) is 3. The Morgan fingerprint density at radius 3 is 2.57 bits per heavy atom. The monoisotopic (exact) mass is 193 g/mol. The molecule has 0 aromatic carbocycles. The minimum absolute atomic E-state index is 1.02. The number of nitrogens with one attached hydrogen (secondary N) is 1. The van der Waals surface area contributed by atoms with Crippen molar-refractivity contribution in [3.8, 4) is 0 Å². The molecule has 3 nitrogen and oxygen atoms in total. The molecule has 3 heteroatoms. The fourth-order valence-corrected chi connectivity index (χ4v) is 1.44. The predicted octanol–water partition coefficient (Wildman–Crippen LogP) is 1.52. The van der Waals surface area contributed by atoms with Crippen LogP contribution in [0.1, 0.15) is 13.3 Å². The lowest BCUT2D eigenvalue weighted by molar-refractivity contribution is 0.709. The molecule has 0 radical (unpaired) electrons. The zero-order valence-electron chi connectivity index (χ0n) is 9.03. The van der Waals surface area contributed by atoms with Gasteiger partial charge in [0, 0.05) is 37.7 Å². The minimum atomic E-state index is 1.02. The highest BCUT2D eigenvalue weighted by molar-refractivity contribution is 5.44. The molecule has 0 saturated heterocycles. The third-order valence-corrected chi connectivity index (χ3v) is 2.15. The third kappa shape index (κ3) is 3.34. The Labute approximate surface area is 86.2 Å². The van der Waals surface area contributed by atoms with Crippen molar-refractivity contribution in [2.75, 3.05) is 31.6 Å². The molecule has 78 valence electrons. The maximum atomic E-state index is 4.03. The number of nitrogens with zero attached hydrogens (tertiary/aromatic N) is 2. The van der Waals surface area contributed by atoms with Crippen LogP contribution < -0.4 is 10.2 Å². The summed E-state index contributed by atoms with van der Waals surface area (Å²) < 4.78 is 0. The van der Waals surface area contributed by atoms with E-state index in [1.165, 1.54) is 12.1 Å². The van der Waals surface area contributed by atoms with Crippen molar-refractivity contribution in [1.29, 1.82) is 0 Å². The SMILES string of the molecule is CCCN(CCNC)c1ccncc1. The molecule has 0 atom stereocenters. The molecule has 0 spiro atoms. The van der Waals surface area contributed by atoms with Crippen molar-refractivity contribution in [1.82, 2.24) is 10.3 Å². The molecule has 1 aromatic rings. The van der Waals surface area contributed by atoms with E-state index >= 15 is 0 Å². The lowest BCUT2D eigenvalue weighted by Crippen LogP contribution is -2.31. The summed E-state index contributed by atoms with van der Waals surface area (Å²) in [6.45, 7) is 5.37. The molecular weight excluding hydrogens is 174 g/mol. The van der Waals surface area contributed by atoms with E-state index in [2.05, 4.69) is 34.3 Å². The van der Waals surface area contributed by atoms with E-state index in [0.29, 0.717) is 0 Å². The van der Waals surface area contributed by atoms with Crippen LogP contribution in [0.2, 0.25) is 0 Å². The van der Waals surface area contributed by atoms with Crippen molar-refractivity contribution in [2.45, 2.75) is 13.3 Å². The number of rotatable bonds is 6. The van der Waals surface area contributed by atoms with Crippen molar-refractivity contribution >= 4 is 5.69 Å². The number of aromatic nitrogens is 1. The van der Waals surface area contributed by atoms with Crippen LogP contribution in [-0.4, -0.2) is 31.7 Å². The first-order chi connectivity index (χ1) is 6.88. The molecule has 1 N–H and O–H groups in total. The highest BCUT2D eigenvalue weighted by Crippen LogP contribution is 2.11. The maximum absolute atomic E-state index is 4.03. The van der Waals surface area contributed by atoms with E-state index in [1.807, 2.05) is 19.4 Å². The van der Waals surface area contributed by atoms with Crippen molar-refractivity contribution in [2.24, 2.45) is 0 Å². The molecule has 1 aromatic heterocycles. The number of pyridine rings is 1. The van der Waals surface area contributed by atoms with Gasteiger partial charge in [-0.2, -0.15) is 0 Å². The number of anilines is 1. The fourth-order valence-electron chi connectivity index (χ4n) is 1.44. The summed E-state index contributed by atoms with van der Waals surface area (Å²) in [4.78, 5) is 6.40. The Bertz CT molecular complexity index is 236. The van der Waals surface area contributed by atoms with E-state index in [0.717, 1.165) is 19.6 Å². The van der Waals surface area contributed by atoms with Crippen LogP contribution in [-0.2, 0) is 0 Å². The second kappa shape index (κ2) is 6.38. The van der Waals surface area contributed by atoms with Crippen molar-refractivity contribution in [3.63, 3.8) is 0 Å². The zero-order chi connectivity index (χ0) is 10.2. The molecule has 0 unspecified atom stereocenters. The lowest BCUT2D eigenvalue weighted by atomic mass is 10.3. The molecule has 14 heavy (non-hydrogen) atoms. The van der Waals surface area contributed by atoms with Crippen LogP contribution in [0.3, 0.4) is 0 Å². The molecule has 0 aliphatic heterocycles. The van der Waals surface area contributed by atoms with Crippen LogP contribution in [0.15, 0.2) is 24.5 Å². The number of hydrogen-bond donors (Lipinski definition) is 1. The third-order valence-electron chi connectivity index (χ3n) is 2.15. The van der Waals surface area contributed by atoms with Gasteiger partial charge >= 0.3 is 0 Å². The Balaban J connectivity index is 2.58. The van der Waals surface area contributed by atoms with E-state index in [1.54, 1.807) is 0 Å². The van der Waals surface area contributed by atoms with Crippen LogP contribution in [0, 0.1) is 0 Å². The molecule has 0 bridgehead atoms. The van der Waals surface area contributed by atoms with Gasteiger partial charge in [0.2, 0.25) is 0 Å². The first-order valence-corrected chi connectivity index (χ1v) is 5.18. The topological polar surface area (TPSA) is 28.2 Å². The van der Waals surface area contributed by atoms with Crippen LogP contribution in [0.4, 0.5) is 5.69 Å².